The Balaban J connectivity index is 1.95. The van der Waals surface area contributed by atoms with Gasteiger partial charge in [-0.15, -0.1) is 0 Å². The van der Waals surface area contributed by atoms with E-state index in [2.05, 4.69) is 5.32 Å². The second kappa shape index (κ2) is 13.9. The van der Waals surface area contributed by atoms with Gasteiger partial charge >= 0.3 is 0 Å². The van der Waals surface area contributed by atoms with E-state index in [4.69, 9.17) is 37.4 Å². The Morgan fingerprint density at radius 3 is 2.11 bits per heavy atom. The minimum atomic E-state index is -0.817. The number of methoxy groups -OCH3 is 2. The maximum atomic E-state index is 13.7. The summed E-state index contributed by atoms with van der Waals surface area (Å²) >= 11 is 12.6. The Hall–Kier alpha value is -3.42. The van der Waals surface area contributed by atoms with Crippen molar-refractivity contribution in [2.45, 2.75) is 38.9 Å². The third kappa shape index (κ3) is 8.30. The number of halogens is 2. The fraction of sp³-hybridized carbons (Fsp3) is 0.310. The van der Waals surface area contributed by atoms with Crippen LogP contribution in [0, 0.1) is 0 Å². The molecule has 0 saturated carbocycles. The van der Waals surface area contributed by atoms with E-state index >= 15 is 0 Å². The van der Waals surface area contributed by atoms with Crippen LogP contribution in [0.1, 0.15) is 25.0 Å². The summed E-state index contributed by atoms with van der Waals surface area (Å²) in [6.45, 7) is 3.52. The van der Waals surface area contributed by atoms with Crippen molar-refractivity contribution in [3.8, 4) is 17.2 Å². The SMILES string of the molecule is COc1cc(OC)cc(OCC(=O)N(Cc2ccc(Cl)cc2Cl)[C@@H](Cc2ccccc2)C(=O)NC(C)C)c1. The first-order valence-corrected chi connectivity index (χ1v) is 12.9. The molecule has 3 aromatic carbocycles. The minimum Gasteiger partial charge on any atom is -0.496 e. The van der Waals surface area contributed by atoms with Gasteiger partial charge in [-0.25, -0.2) is 0 Å². The lowest BCUT2D eigenvalue weighted by Crippen LogP contribution is -2.52. The highest BCUT2D eigenvalue weighted by Gasteiger charge is 2.31. The number of nitrogens with one attached hydrogen (secondary N) is 1. The van der Waals surface area contributed by atoms with Crippen molar-refractivity contribution in [1.29, 1.82) is 0 Å². The number of carbonyl (C=O) groups excluding carboxylic acids is 2. The van der Waals surface area contributed by atoms with Gasteiger partial charge in [0.05, 0.1) is 14.2 Å². The van der Waals surface area contributed by atoms with Gasteiger partial charge in [0.1, 0.15) is 23.3 Å². The Morgan fingerprint density at radius 2 is 1.53 bits per heavy atom. The van der Waals surface area contributed by atoms with Crippen molar-refractivity contribution in [2.75, 3.05) is 20.8 Å². The van der Waals surface area contributed by atoms with Crippen LogP contribution < -0.4 is 19.5 Å². The molecule has 0 heterocycles. The van der Waals surface area contributed by atoms with E-state index in [-0.39, 0.29) is 25.1 Å². The van der Waals surface area contributed by atoms with Crippen LogP contribution in [0.4, 0.5) is 0 Å². The first-order chi connectivity index (χ1) is 18.2. The standard InChI is InChI=1S/C29H32Cl2N2O5/c1-19(2)32-29(35)27(12-20-8-6-5-7-9-20)33(17-21-10-11-22(30)13-26(21)31)28(34)18-38-25-15-23(36-3)14-24(16-25)37-4/h5-11,13-16,19,27H,12,17-18H2,1-4H3,(H,32,35)/t27-/m0/s1. The highest BCUT2D eigenvalue weighted by Crippen LogP contribution is 2.28. The minimum absolute atomic E-state index is 0.0860. The number of amides is 2. The number of benzene rings is 3. The summed E-state index contributed by atoms with van der Waals surface area (Å²) in [5, 5.41) is 3.83. The monoisotopic (exact) mass is 558 g/mol. The Kier molecular flexibility index (Phi) is 10.7. The fourth-order valence-corrected chi connectivity index (χ4v) is 4.33. The predicted molar refractivity (Wildman–Crippen MR) is 149 cm³/mol. The van der Waals surface area contributed by atoms with Crippen LogP contribution in [-0.4, -0.2) is 49.6 Å². The van der Waals surface area contributed by atoms with Gasteiger partial charge in [0.15, 0.2) is 6.61 Å². The van der Waals surface area contributed by atoms with E-state index in [1.54, 1.807) is 36.4 Å². The molecule has 1 N–H and O–H groups in total. The van der Waals surface area contributed by atoms with E-state index in [1.807, 2.05) is 44.2 Å². The summed E-state index contributed by atoms with van der Waals surface area (Å²) in [5.41, 5.74) is 1.57. The van der Waals surface area contributed by atoms with Crippen LogP contribution in [-0.2, 0) is 22.6 Å². The molecule has 0 bridgehead atoms. The molecule has 2 amide bonds. The normalized spacial score (nSPS) is 11.6. The first-order valence-electron chi connectivity index (χ1n) is 12.1. The number of carbonyl (C=O) groups is 2. The van der Waals surface area contributed by atoms with Gasteiger partial charge in [-0.1, -0.05) is 59.6 Å². The number of hydrogen-bond acceptors (Lipinski definition) is 5. The van der Waals surface area contributed by atoms with Crippen molar-refractivity contribution in [3.05, 3.63) is 87.9 Å². The second-order valence-corrected chi connectivity index (χ2v) is 9.81. The molecular weight excluding hydrogens is 527 g/mol. The molecule has 1 atom stereocenters. The highest BCUT2D eigenvalue weighted by molar-refractivity contribution is 6.35. The van der Waals surface area contributed by atoms with E-state index in [0.717, 1.165) is 5.56 Å². The predicted octanol–water partition coefficient (Wildman–Crippen LogP) is 5.55. The molecule has 0 spiro atoms. The second-order valence-electron chi connectivity index (χ2n) is 8.96. The van der Waals surface area contributed by atoms with Gasteiger partial charge < -0.3 is 24.4 Å². The van der Waals surface area contributed by atoms with Crippen molar-refractivity contribution in [3.63, 3.8) is 0 Å². The van der Waals surface area contributed by atoms with Crippen molar-refractivity contribution >= 4 is 35.0 Å². The highest BCUT2D eigenvalue weighted by atomic mass is 35.5. The lowest BCUT2D eigenvalue weighted by atomic mass is 10.0. The number of rotatable bonds is 12. The summed E-state index contributed by atoms with van der Waals surface area (Å²) in [7, 11) is 3.06. The van der Waals surface area contributed by atoms with Gasteiger partial charge in [0.25, 0.3) is 5.91 Å². The summed E-state index contributed by atoms with van der Waals surface area (Å²) < 4.78 is 16.4. The molecule has 0 aromatic heterocycles. The maximum absolute atomic E-state index is 13.7. The van der Waals surface area contributed by atoms with Gasteiger partial charge in [-0.05, 0) is 37.1 Å². The summed E-state index contributed by atoms with van der Waals surface area (Å²) in [4.78, 5) is 28.7. The molecule has 0 aliphatic rings. The molecular formula is C29H32Cl2N2O5. The Labute approximate surface area is 233 Å². The third-order valence-electron chi connectivity index (χ3n) is 5.75. The molecule has 0 fully saturated rings. The van der Waals surface area contributed by atoms with Crippen LogP contribution in [0.5, 0.6) is 17.2 Å². The van der Waals surface area contributed by atoms with Gasteiger partial charge in [0, 0.05) is 47.3 Å². The molecule has 3 aromatic rings. The van der Waals surface area contributed by atoms with E-state index in [0.29, 0.717) is 39.3 Å². The molecule has 202 valence electrons. The molecule has 9 heteroatoms. The van der Waals surface area contributed by atoms with Gasteiger partial charge in [0.2, 0.25) is 5.91 Å². The fourth-order valence-electron chi connectivity index (χ4n) is 3.86. The smallest absolute Gasteiger partial charge is 0.261 e. The quantitative estimate of drug-likeness (QED) is 0.315. The zero-order valence-electron chi connectivity index (χ0n) is 21.9. The molecule has 38 heavy (non-hydrogen) atoms. The molecule has 0 aliphatic heterocycles. The Bertz CT molecular complexity index is 1210. The van der Waals surface area contributed by atoms with Crippen molar-refractivity contribution in [1.82, 2.24) is 10.2 Å². The van der Waals surface area contributed by atoms with Crippen LogP contribution in [0.15, 0.2) is 66.7 Å². The van der Waals surface area contributed by atoms with Crippen molar-refractivity contribution in [2.24, 2.45) is 0 Å². The molecule has 7 nitrogen and oxygen atoms in total. The van der Waals surface area contributed by atoms with E-state index in [1.165, 1.54) is 19.1 Å². The lowest BCUT2D eigenvalue weighted by molar-refractivity contribution is -0.143. The zero-order chi connectivity index (χ0) is 27.7. The van der Waals surface area contributed by atoms with Crippen LogP contribution in [0.2, 0.25) is 10.0 Å². The average molecular weight is 559 g/mol. The largest absolute Gasteiger partial charge is 0.496 e. The van der Waals surface area contributed by atoms with Gasteiger partial charge in [-0.2, -0.15) is 0 Å². The number of hydrogen-bond donors (Lipinski definition) is 1. The number of ether oxygens (including phenoxy) is 3. The molecule has 0 radical (unpaired) electrons. The topological polar surface area (TPSA) is 77.1 Å². The van der Waals surface area contributed by atoms with Crippen LogP contribution in [0.3, 0.4) is 0 Å². The lowest BCUT2D eigenvalue weighted by Gasteiger charge is -2.32. The Morgan fingerprint density at radius 1 is 0.895 bits per heavy atom. The molecule has 0 unspecified atom stereocenters. The number of nitrogens with zero attached hydrogens (tertiary/aromatic N) is 1. The third-order valence-corrected chi connectivity index (χ3v) is 6.33. The summed E-state index contributed by atoms with van der Waals surface area (Å²) in [6, 6.07) is 18.7. The molecule has 3 rings (SSSR count). The summed E-state index contributed by atoms with van der Waals surface area (Å²) in [5.74, 6) is 0.776. The zero-order valence-corrected chi connectivity index (χ0v) is 23.4. The maximum Gasteiger partial charge on any atom is 0.261 e. The van der Waals surface area contributed by atoms with E-state index < -0.39 is 11.9 Å². The first kappa shape index (κ1) is 29.1. The average Bonchev–Trinajstić information content (AvgIpc) is 2.90. The van der Waals surface area contributed by atoms with Crippen molar-refractivity contribution < 1.29 is 23.8 Å². The molecule has 0 aliphatic carbocycles. The molecule has 0 saturated heterocycles. The summed E-state index contributed by atoms with van der Waals surface area (Å²) in [6.07, 6.45) is 0.309. The van der Waals surface area contributed by atoms with Crippen LogP contribution in [0.25, 0.3) is 0 Å². The van der Waals surface area contributed by atoms with Crippen LogP contribution >= 0.6 is 23.2 Å². The van der Waals surface area contributed by atoms with Gasteiger partial charge in [-0.3, -0.25) is 9.59 Å². The van der Waals surface area contributed by atoms with E-state index in [9.17, 15) is 9.59 Å².